The number of aliphatic hydroxyl groups is 6. The summed E-state index contributed by atoms with van der Waals surface area (Å²) in [6, 6.07) is -1.94. The summed E-state index contributed by atoms with van der Waals surface area (Å²) in [5.74, 6) is -16.6. The number of hydrogen-bond donors (Lipinski definition) is 21. The zero-order valence-corrected chi connectivity index (χ0v) is 66.3. The number of hydrogen-bond acceptors (Lipinski definition) is 28. The third-order valence-corrected chi connectivity index (χ3v) is 23.2. The number of sulfonamides is 1. The number of phenols is 3. The van der Waals surface area contributed by atoms with E-state index in [1.54, 1.807) is 13.8 Å². The predicted octanol–water partition coefficient (Wildman–Crippen LogP) is 1.27. The SMILES string of the molecule is CCCCCCCCCS(=O)(=O)NCCNCc1c(O)cc2c(c1O)-c1cc(ccc1O)[C@H]1NC(=O)[C@@H]3NC(=O)[C@H](CC(N)=O)NC(=O)[C@H](NC(=O)[C@@H](CC(C)C)NC)[C@H](O)c4ccc5c(c4)C(O)[C@H]4O[C@@H](Oc6c(cc3cc6O5)Oc3ccc(cc3Cl)[C@@H](O)[C@H](NC1=O)C(=O)N[C@@H]2C(=O)O)[C@H](O[C@H]1C[C@](C)(N)[C@H](O)[C@H](C)O1)[C@@H](O)[C@@H]4O. The van der Waals surface area contributed by atoms with E-state index in [4.69, 9.17) is 51.5 Å². The van der Waals surface area contributed by atoms with Crippen molar-refractivity contribution in [2.75, 3.05) is 25.9 Å². The molecule has 2 saturated heterocycles. The number of ether oxygens (including phenoxy) is 6. The summed E-state index contributed by atoms with van der Waals surface area (Å²) in [7, 11) is -2.30. The van der Waals surface area contributed by atoms with Crippen LogP contribution in [0.4, 0.5) is 0 Å². The molecule has 0 saturated carbocycles. The van der Waals surface area contributed by atoms with Crippen molar-refractivity contribution in [1.82, 2.24) is 47.3 Å². The van der Waals surface area contributed by atoms with Gasteiger partial charge in [-0.15, -0.1) is 0 Å². The lowest BCUT2D eigenvalue weighted by Gasteiger charge is -2.48. The van der Waals surface area contributed by atoms with E-state index in [0.29, 0.717) is 12.8 Å². The van der Waals surface area contributed by atoms with Gasteiger partial charge in [-0.2, -0.15) is 0 Å². The second kappa shape index (κ2) is 37.1. The zero-order valence-electron chi connectivity index (χ0n) is 64.7. The summed E-state index contributed by atoms with van der Waals surface area (Å²) in [6.45, 7) is 7.92. The molecule has 7 amide bonds. The first-order valence-electron chi connectivity index (χ1n) is 38.5. The van der Waals surface area contributed by atoms with Gasteiger partial charge in [-0.05, 0) is 117 Å². The fourth-order valence-electron chi connectivity index (χ4n) is 15.1. The molecule has 117 heavy (non-hydrogen) atoms. The van der Waals surface area contributed by atoms with Gasteiger partial charge in [0.05, 0.1) is 41.0 Å². The van der Waals surface area contributed by atoms with Gasteiger partial charge in [0.2, 0.25) is 63.4 Å². The van der Waals surface area contributed by atoms with E-state index < -0.39 is 264 Å². The fourth-order valence-corrected chi connectivity index (χ4v) is 16.5. The van der Waals surface area contributed by atoms with Crippen LogP contribution < -0.4 is 72.9 Å². The molecule has 5 aromatic carbocycles. The molecule has 23 N–H and O–H groups in total. The number of nitrogens with one attached hydrogen (secondary N) is 9. The number of rotatable bonds is 24. The van der Waals surface area contributed by atoms with Crippen LogP contribution in [0.5, 0.6) is 46.0 Å². The lowest BCUT2D eigenvalue weighted by molar-refractivity contribution is -0.339. The van der Waals surface area contributed by atoms with E-state index in [2.05, 4.69) is 54.2 Å². The standard InChI is InChI=1S/C78H100ClN11O26S/c1-7-8-9-10-11-12-13-22-117(109,110)84-21-20-83-32-42-47(92)29-41-54(62(42)96)39-24-35(14-17-46(39)91)55-72(103)90-59(75(106)88-57(41)76(107)108)61(95)37-16-19-49(43(79)26-37)113-51-28-38-27-50-66(51)115-77-68(114-53-31-78(5,81)69(100)34(4)111-53)65(99)64(98)67(116-77)63(97)40-25-36(15-18-48(40)112-50)60(94)58(89-70(101)44(82-6)23-33(2)3)74(105)85-45(30-52(80)93)71(102)86-56(38)73(104)87-55/h14-19,24-29,33-34,44-45,53,55-61,63-65,67-69,77,82-84,91-92,94-100H,7-13,20-23,30-32,81H2,1-6H3,(H2,80,93)(H,85,105)(H,86,102)(H,87,104)(H,88,106)(H,89,101)(H,90,103)(H,107,108)/t34-,44+,45-,53-,55+,56+,57-,58+,59-,60+,61+,63?,64-,65-,67+,68+,69+,77+,78-/m0/s1. The van der Waals surface area contributed by atoms with Gasteiger partial charge in [0.1, 0.15) is 95.6 Å². The maximum absolute atomic E-state index is 16.3. The van der Waals surface area contributed by atoms with Crippen LogP contribution in [0.15, 0.2) is 72.8 Å². The molecule has 5 aromatic rings. The average molecular weight is 1680 g/mol. The Labute approximate surface area is 677 Å². The van der Waals surface area contributed by atoms with Gasteiger partial charge in [0, 0.05) is 53.8 Å². The molecule has 14 bridgehead atoms. The lowest BCUT2D eigenvalue weighted by atomic mass is 9.86. The quantitative estimate of drug-likeness (QED) is 0.0387. The van der Waals surface area contributed by atoms with E-state index in [-0.39, 0.29) is 60.0 Å². The molecule has 8 aliphatic heterocycles. The monoisotopic (exact) mass is 1670 g/mol. The minimum atomic E-state index is -3.75. The van der Waals surface area contributed by atoms with Crippen LogP contribution in [0.25, 0.3) is 11.1 Å². The van der Waals surface area contributed by atoms with Crippen LogP contribution >= 0.6 is 11.6 Å². The minimum Gasteiger partial charge on any atom is -0.507 e. The van der Waals surface area contributed by atoms with Crippen LogP contribution in [-0.4, -0.2) is 212 Å². The Morgan fingerprint density at radius 2 is 1.34 bits per heavy atom. The number of amides is 7. The average Bonchev–Trinajstić information content (AvgIpc) is 0.754. The summed E-state index contributed by atoms with van der Waals surface area (Å²) in [5.41, 5.74) is 6.95. The molecule has 19 atom stereocenters. The van der Waals surface area contributed by atoms with E-state index in [0.717, 1.165) is 92.8 Å². The Bertz CT molecular complexity index is 4700. The molecule has 0 radical (unpaired) electrons. The van der Waals surface area contributed by atoms with Crippen molar-refractivity contribution in [3.05, 3.63) is 117 Å². The number of unbranched alkanes of at least 4 members (excludes halogenated alkanes) is 6. The van der Waals surface area contributed by atoms with Crippen molar-refractivity contribution in [2.45, 2.75) is 221 Å². The molecule has 39 heteroatoms. The maximum atomic E-state index is 16.3. The number of carboxylic acids is 1. The van der Waals surface area contributed by atoms with Crippen molar-refractivity contribution < 1.29 is 126 Å². The summed E-state index contributed by atoms with van der Waals surface area (Å²) >= 11 is 7.13. The van der Waals surface area contributed by atoms with Crippen LogP contribution in [0.2, 0.25) is 5.02 Å². The van der Waals surface area contributed by atoms with E-state index >= 15 is 24.0 Å². The number of carboxylic acid groups (broad SMARTS) is 1. The third kappa shape index (κ3) is 19.9. The molecule has 13 rings (SSSR count). The Kier molecular flexibility index (Phi) is 28.0. The third-order valence-electron chi connectivity index (χ3n) is 21.5. The number of aliphatic hydroxyl groups excluding tert-OH is 6. The van der Waals surface area contributed by atoms with Crippen LogP contribution in [-0.2, 0) is 69.1 Å². The van der Waals surface area contributed by atoms with Gasteiger partial charge in [-0.3, -0.25) is 33.6 Å². The van der Waals surface area contributed by atoms with Gasteiger partial charge >= 0.3 is 5.97 Å². The van der Waals surface area contributed by atoms with E-state index in [9.17, 15) is 73.9 Å². The molecule has 8 aliphatic rings. The normalized spacial score (nSPS) is 28.2. The van der Waals surface area contributed by atoms with Crippen molar-refractivity contribution >= 4 is 68.9 Å². The summed E-state index contributed by atoms with van der Waals surface area (Å²) < 4.78 is 67.6. The summed E-state index contributed by atoms with van der Waals surface area (Å²) in [5, 5.41) is 141. The number of aromatic hydroxyl groups is 3. The highest BCUT2D eigenvalue weighted by Gasteiger charge is 2.54. The Hall–Kier alpha value is -9.62. The van der Waals surface area contributed by atoms with Crippen molar-refractivity contribution in [2.24, 2.45) is 17.4 Å². The first-order valence-corrected chi connectivity index (χ1v) is 40.5. The number of carbonyl (C=O) groups excluding carboxylic acids is 7. The van der Waals surface area contributed by atoms with Gasteiger partial charge in [0.25, 0.3) is 0 Å². The Balaban J connectivity index is 1.10. The lowest BCUT2D eigenvalue weighted by Crippen LogP contribution is -2.64. The molecule has 0 spiro atoms. The minimum absolute atomic E-state index is 0.113. The largest absolute Gasteiger partial charge is 0.507 e. The zero-order chi connectivity index (χ0) is 85.0. The first-order chi connectivity index (χ1) is 55.4. The second-order valence-corrected chi connectivity index (χ2v) is 33.1. The number of primary amides is 1. The van der Waals surface area contributed by atoms with Crippen LogP contribution in [0.3, 0.4) is 0 Å². The molecule has 8 heterocycles. The number of halogens is 1. The molecule has 636 valence electrons. The number of fused-ring (bicyclic) bond motifs is 16. The van der Waals surface area contributed by atoms with Crippen molar-refractivity contribution in [1.29, 1.82) is 0 Å². The fraction of sp³-hybridized carbons (Fsp3) is 0.513. The molecule has 2 fully saturated rings. The number of phenolic OH excluding ortho intramolecular Hbond substituents is 3. The first kappa shape index (κ1) is 88.2. The number of benzene rings is 5. The topological polar surface area (TPSA) is 589 Å². The van der Waals surface area contributed by atoms with Gasteiger partial charge in [-0.25, -0.2) is 17.9 Å². The Morgan fingerprint density at radius 3 is 2.00 bits per heavy atom. The molecular formula is C78H100ClN11O26S. The molecular weight excluding hydrogens is 1570 g/mol. The molecule has 1 unspecified atom stereocenters. The number of carbonyl (C=O) groups is 8. The highest BCUT2D eigenvalue weighted by atomic mass is 35.5. The highest BCUT2D eigenvalue weighted by Crippen LogP contribution is 2.52. The number of nitrogens with two attached hydrogens (primary N) is 2. The van der Waals surface area contributed by atoms with Gasteiger partial charge in [0.15, 0.2) is 29.9 Å². The van der Waals surface area contributed by atoms with Crippen molar-refractivity contribution in [3.8, 4) is 57.1 Å². The predicted molar refractivity (Wildman–Crippen MR) is 414 cm³/mol. The van der Waals surface area contributed by atoms with Crippen LogP contribution in [0, 0.1) is 5.92 Å². The molecule has 37 nitrogen and oxygen atoms in total. The number of likely N-dealkylation sites (N-methyl/N-ethyl adjacent to an activating group) is 1. The Morgan fingerprint density at radius 1 is 0.701 bits per heavy atom. The van der Waals surface area contributed by atoms with Crippen LogP contribution in [0.1, 0.15) is 174 Å². The van der Waals surface area contributed by atoms with Crippen molar-refractivity contribution in [3.63, 3.8) is 0 Å². The molecule has 0 aromatic heterocycles. The van der Waals surface area contributed by atoms with E-state index in [1.165, 1.54) is 33.0 Å². The van der Waals surface area contributed by atoms with E-state index in [1.807, 2.05) is 0 Å². The smallest absolute Gasteiger partial charge is 0.330 e. The molecule has 0 aliphatic carbocycles. The van der Waals surface area contributed by atoms with Gasteiger partial charge < -0.3 is 133 Å². The number of aliphatic carboxylic acids is 1. The highest BCUT2D eigenvalue weighted by molar-refractivity contribution is 7.89. The second-order valence-electron chi connectivity index (χ2n) is 30.8. The summed E-state index contributed by atoms with van der Waals surface area (Å²) in [6.07, 6.45) is -15.7. The maximum Gasteiger partial charge on any atom is 0.330 e. The van der Waals surface area contributed by atoms with Gasteiger partial charge in [-0.1, -0.05) is 89.1 Å². The summed E-state index contributed by atoms with van der Waals surface area (Å²) in [4.78, 5) is 119.